The highest BCUT2D eigenvalue weighted by molar-refractivity contribution is 6.08. The molecule has 0 saturated carbocycles. The summed E-state index contributed by atoms with van der Waals surface area (Å²) in [5.74, 6) is -1.53. The number of benzene rings is 1. The monoisotopic (exact) mass is 582 g/mol. The van der Waals surface area contributed by atoms with E-state index >= 15 is 0 Å². The molecular formula is C30H42N6O6. The van der Waals surface area contributed by atoms with Crippen molar-refractivity contribution < 1.29 is 29.3 Å². The number of fused-ring (bicyclic) bond motifs is 1. The summed E-state index contributed by atoms with van der Waals surface area (Å²) in [5, 5.41) is 35.4. The highest BCUT2D eigenvalue weighted by atomic mass is 16.5. The number of rotatable bonds is 14. The molecule has 0 radical (unpaired) electrons. The van der Waals surface area contributed by atoms with Gasteiger partial charge in [-0.05, 0) is 56.8 Å². The molecule has 42 heavy (non-hydrogen) atoms. The molecule has 1 aromatic heterocycles. The highest BCUT2D eigenvalue weighted by Crippen LogP contribution is 2.46. The van der Waals surface area contributed by atoms with Gasteiger partial charge >= 0.3 is 5.97 Å². The van der Waals surface area contributed by atoms with Crippen LogP contribution in [0.15, 0.2) is 36.5 Å². The van der Waals surface area contributed by atoms with Crippen molar-refractivity contribution in [2.75, 3.05) is 43.6 Å². The number of allylic oxidation sites excluding steroid dienone is 1. The van der Waals surface area contributed by atoms with Crippen molar-refractivity contribution in [2.45, 2.75) is 64.0 Å². The first-order valence-corrected chi connectivity index (χ1v) is 14.7. The molecule has 2 aliphatic rings. The highest BCUT2D eigenvalue weighted by Gasteiger charge is 2.52. The number of carbonyl (C=O) groups is 3. The molecule has 0 spiro atoms. The average Bonchev–Trinajstić information content (AvgIpc) is 3.54. The van der Waals surface area contributed by atoms with Crippen LogP contribution in [-0.2, 0) is 37.7 Å². The number of aryl methyl sites for hydroxylation is 1. The molecule has 3 heterocycles. The van der Waals surface area contributed by atoms with Gasteiger partial charge in [-0.3, -0.25) is 19.1 Å². The number of amides is 2. The largest absolute Gasteiger partial charge is 0.469 e. The maximum atomic E-state index is 13.8. The summed E-state index contributed by atoms with van der Waals surface area (Å²) < 4.78 is 6.41. The van der Waals surface area contributed by atoms with E-state index in [0.717, 1.165) is 19.4 Å². The Morgan fingerprint density at radius 2 is 2.14 bits per heavy atom. The Balaban J connectivity index is 1.51. The van der Waals surface area contributed by atoms with Gasteiger partial charge in [0, 0.05) is 62.4 Å². The Bertz CT molecular complexity index is 1270. The predicted octanol–water partition coefficient (Wildman–Crippen LogP) is 1.91. The molecule has 1 fully saturated rings. The number of nitrogens with zero attached hydrogens (tertiary/aromatic N) is 4. The Hall–Kier alpha value is -3.61. The lowest BCUT2D eigenvalue weighted by Gasteiger charge is -2.28. The standard InChI is InChI=1S/C30H42N6O6/c1-21(8-3-5-15-35-20-24(13-17-37)33-34-35)30(41)25-18-23(32-28(39)22-9-7-14-31-19-22)11-12-26(25)36(29(30)40)16-6-4-10-27(38)42-2/h3,8,11-12,18,20-22,31,37,41H,4-7,9-10,13-17,19H2,1-2H3,(H,32,39)/b8-3+/t21-,22?,30+/m0/s1. The summed E-state index contributed by atoms with van der Waals surface area (Å²) in [6.07, 6.45) is 9.67. The molecule has 1 aromatic carbocycles. The smallest absolute Gasteiger partial charge is 0.305 e. The van der Waals surface area contributed by atoms with Crippen LogP contribution in [0.1, 0.15) is 56.7 Å². The molecule has 1 saturated heterocycles. The van der Waals surface area contributed by atoms with E-state index in [1.807, 2.05) is 12.2 Å². The van der Waals surface area contributed by atoms with Crippen LogP contribution in [-0.4, -0.2) is 76.3 Å². The van der Waals surface area contributed by atoms with Crippen molar-refractivity contribution in [1.29, 1.82) is 0 Å². The second kappa shape index (κ2) is 14.5. The Labute approximate surface area is 246 Å². The quantitative estimate of drug-likeness (QED) is 0.148. The fourth-order valence-electron chi connectivity index (χ4n) is 5.53. The molecule has 3 atom stereocenters. The third kappa shape index (κ3) is 7.23. The third-order valence-electron chi connectivity index (χ3n) is 8.01. The van der Waals surface area contributed by atoms with Gasteiger partial charge in [-0.1, -0.05) is 24.3 Å². The van der Waals surface area contributed by atoms with Gasteiger partial charge in [0.1, 0.15) is 0 Å². The minimum absolute atomic E-state index is 0.00960. The van der Waals surface area contributed by atoms with Crippen LogP contribution < -0.4 is 15.5 Å². The summed E-state index contributed by atoms with van der Waals surface area (Å²) in [7, 11) is 1.35. The number of hydrogen-bond acceptors (Lipinski definition) is 9. The number of unbranched alkanes of at least 4 members (excludes halogenated alkanes) is 1. The first-order valence-electron chi connectivity index (χ1n) is 14.7. The maximum absolute atomic E-state index is 13.8. The Morgan fingerprint density at radius 1 is 1.31 bits per heavy atom. The van der Waals surface area contributed by atoms with Crippen molar-refractivity contribution in [2.24, 2.45) is 11.8 Å². The van der Waals surface area contributed by atoms with Gasteiger partial charge in [0.15, 0.2) is 5.60 Å². The second-order valence-electron chi connectivity index (χ2n) is 11.0. The van der Waals surface area contributed by atoms with Gasteiger partial charge in [0.2, 0.25) is 5.91 Å². The number of methoxy groups -OCH3 is 1. The number of esters is 1. The molecule has 2 aromatic rings. The molecule has 228 valence electrons. The third-order valence-corrected chi connectivity index (χ3v) is 8.01. The lowest BCUT2D eigenvalue weighted by molar-refractivity contribution is -0.140. The first kappa shape index (κ1) is 31.3. The van der Waals surface area contributed by atoms with Gasteiger partial charge in [-0.25, -0.2) is 0 Å². The second-order valence-corrected chi connectivity index (χ2v) is 11.0. The van der Waals surface area contributed by atoms with Gasteiger partial charge in [-0.2, -0.15) is 0 Å². The minimum Gasteiger partial charge on any atom is -0.469 e. The molecule has 4 rings (SSSR count). The van der Waals surface area contributed by atoms with E-state index in [-0.39, 0.29) is 30.8 Å². The van der Waals surface area contributed by atoms with Crippen molar-refractivity contribution in [3.8, 4) is 0 Å². The van der Waals surface area contributed by atoms with E-state index in [4.69, 9.17) is 9.84 Å². The van der Waals surface area contributed by atoms with E-state index in [0.29, 0.717) is 67.9 Å². The maximum Gasteiger partial charge on any atom is 0.305 e. The van der Waals surface area contributed by atoms with Crippen LogP contribution in [0.5, 0.6) is 0 Å². The number of aliphatic hydroxyl groups excluding tert-OH is 1. The lowest BCUT2D eigenvalue weighted by Crippen LogP contribution is -2.44. The molecule has 4 N–H and O–H groups in total. The predicted molar refractivity (Wildman–Crippen MR) is 157 cm³/mol. The summed E-state index contributed by atoms with van der Waals surface area (Å²) in [4.78, 5) is 39.8. The van der Waals surface area contributed by atoms with E-state index in [2.05, 4.69) is 20.9 Å². The molecule has 1 unspecified atom stereocenters. The fourth-order valence-corrected chi connectivity index (χ4v) is 5.53. The van der Waals surface area contributed by atoms with E-state index in [1.165, 1.54) is 7.11 Å². The summed E-state index contributed by atoms with van der Waals surface area (Å²) >= 11 is 0. The van der Waals surface area contributed by atoms with Crippen molar-refractivity contribution in [3.63, 3.8) is 0 Å². The zero-order chi connectivity index (χ0) is 30.1. The minimum atomic E-state index is -1.83. The van der Waals surface area contributed by atoms with Crippen LogP contribution in [0, 0.1) is 11.8 Å². The normalized spacial score (nSPS) is 21.0. The van der Waals surface area contributed by atoms with Crippen molar-refractivity contribution >= 4 is 29.2 Å². The van der Waals surface area contributed by atoms with Crippen LogP contribution in [0.25, 0.3) is 0 Å². The summed E-state index contributed by atoms with van der Waals surface area (Å²) in [6, 6.07) is 5.24. The van der Waals surface area contributed by atoms with Crippen molar-refractivity contribution in [1.82, 2.24) is 20.3 Å². The molecule has 2 amide bonds. The Kier molecular flexibility index (Phi) is 10.8. The summed E-state index contributed by atoms with van der Waals surface area (Å²) in [5.41, 5.74) is 0.457. The number of ether oxygens (including phenoxy) is 1. The average molecular weight is 583 g/mol. The number of aromatic nitrogens is 3. The van der Waals surface area contributed by atoms with Crippen molar-refractivity contribution in [3.05, 3.63) is 47.8 Å². The molecule has 0 aliphatic carbocycles. The van der Waals surface area contributed by atoms with Gasteiger partial charge < -0.3 is 30.5 Å². The number of hydrogen-bond donors (Lipinski definition) is 4. The van der Waals surface area contributed by atoms with Crippen LogP contribution in [0.3, 0.4) is 0 Å². The van der Waals surface area contributed by atoms with E-state index in [9.17, 15) is 19.5 Å². The van der Waals surface area contributed by atoms with Gasteiger partial charge in [0.25, 0.3) is 5.91 Å². The number of anilines is 2. The number of piperidine rings is 1. The van der Waals surface area contributed by atoms with Crippen LogP contribution in [0.4, 0.5) is 11.4 Å². The first-order chi connectivity index (χ1) is 20.3. The number of aliphatic hydroxyl groups is 2. The summed E-state index contributed by atoms with van der Waals surface area (Å²) in [6.45, 7) is 4.23. The Morgan fingerprint density at radius 3 is 2.88 bits per heavy atom. The SMILES string of the molecule is COC(=O)CCCCN1C(=O)[C@@](O)([C@@H](C)/C=C/CCn2cc(CCO)nn2)c2cc(NC(=O)C3CCCNC3)ccc21. The number of carbonyl (C=O) groups excluding carboxylic acids is 3. The topological polar surface area (TPSA) is 159 Å². The molecular weight excluding hydrogens is 540 g/mol. The molecule has 12 heteroatoms. The zero-order valence-corrected chi connectivity index (χ0v) is 24.4. The van der Waals surface area contributed by atoms with Crippen LogP contribution in [0.2, 0.25) is 0 Å². The molecule has 12 nitrogen and oxygen atoms in total. The van der Waals surface area contributed by atoms with E-state index in [1.54, 1.807) is 40.9 Å². The van der Waals surface area contributed by atoms with Gasteiger partial charge in [0.05, 0.1) is 24.4 Å². The zero-order valence-electron chi connectivity index (χ0n) is 24.4. The molecule has 0 bridgehead atoms. The fraction of sp³-hybridized carbons (Fsp3) is 0.567. The van der Waals surface area contributed by atoms with Crippen LogP contribution >= 0.6 is 0 Å². The number of nitrogens with one attached hydrogen (secondary N) is 2. The molecule has 2 aliphatic heterocycles. The van der Waals surface area contributed by atoms with Gasteiger partial charge in [-0.15, -0.1) is 5.10 Å². The lowest BCUT2D eigenvalue weighted by atomic mass is 9.82. The van der Waals surface area contributed by atoms with E-state index < -0.39 is 17.4 Å².